The van der Waals surface area contributed by atoms with Crippen molar-refractivity contribution in [3.63, 3.8) is 0 Å². The normalized spacial score (nSPS) is 17.8. The quantitative estimate of drug-likeness (QED) is 0.239. The Bertz CT molecular complexity index is 1140. The van der Waals surface area contributed by atoms with E-state index in [1.54, 1.807) is 0 Å². The van der Waals surface area contributed by atoms with Crippen molar-refractivity contribution in [3.8, 4) is 0 Å². The SMILES string of the molecule is C/C=S(/N)CCCC(=O)N[C@@H](Cc1cc(F)cc(F)c1)[C@H](O)CNC1(c2cccc(C(C)(C)C)c2)CCCCC1. The summed E-state index contributed by atoms with van der Waals surface area (Å²) in [5.41, 5.74) is 2.59. The van der Waals surface area contributed by atoms with Crippen LogP contribution in [0.4, 0.5) is 8.78 Å². The Morgan fingerprint density at radius 1 is 1.12 bits per heavy atom. The molecule has 0 aliphatic heterocycles. The molecule has 222 valence electrons. The van der Waals surface area contributed by atoms with Gasteiger partial charge in [0, 0.05) is 30.3 Å². The number of nitrogens with two attached hydrogens (primary N) is 1. The first-order valence-corrected chi connectivity index (χ1v) is 16.0. The van der Waals surface area contributed by atoms with Gasteiger partial charge in [0.15, 0.2) is 0 Å². The molecule has 1 saturated carbocycles. The molecule has 2 aromatic rings. The molecule has 0 saturated heterocycles. The van der Waals surface area contributed by atoms with Crippen LogP contribution in [0, 0.1) is 11.6 Å². The van der Waals surface area contributed by atoms with E-state index in [4.69, 9.17) is 5.14 Å². The van der Waals surface area contributed by atoms with Crippen molar-refractivity contribution in [2.45, 2.75) is 102 Å². The Labute approximate surface area is 241 Å². The maximum Gasteiger partial charge on any atom is 0.220 e. The van der Waals surface area contributed by atoms with E-state index < -0.39 is 23.8 Å². The van der Waals surface area contributed by atoms with E-state index in [9.17, 15) is 18.7 Å². The average molecular weight is 576 g/mol. The van der Waals surface area contributed by atoms with E-state index in [2.05, 4.69) is 55.7 Å². The molecule has 1 fully saturated rings. The molecule has 3 atom stereocenters. The lowest BCUT2D eigenvalue weighted by atomic mass is 9.74. The number of amides is 1. The fourth-order valence-corrected chi connectivity index (χ4v) is 6.22. The van der Waals surface area contributed by atoms with Gasteiger partial charge in [-0.05, 0) is 66.8 Å². The van der Waals surface area contributed by atoms with Crippen LogP contribution in [0.1, 0.15) is 89.3 Å². The van der Waals surface area contributed by atoms with Crippen molar-refractivity contribution in [3.05, 3.63) is 70.8 Å². The Kier molecular flexibility index (Phi) is 11.9. The predicted molar refractivity (Wildman–Crippen MR) is 164 cm³/mol. The van der Waals surface area contributed by atoms with Gasteiger partial charge in [0.2, 0.25) is 5.91 Å². The van der Waals surface area contributed by atoms with Gasteiger partial charge >= 0.3 is 0 Å². The van der Waals surface area contributed by atoms with Crippen LogP contribution in [0.5, 0.6) is 0 Å². The van der Waals surface area contributed by atoms with Crippen LogP contribution in [0.25, 0.3) is 0 Å². The first-order valence-electron chi connectivity index (χ1n) is 14.4. The summed E-state index contributed by atoms with van der Waals surface area (Å²) in [5, 5.41) is 25.9. The van der Waals surface area contributed by atoms with Crippen LogP contribution in [0.2, 0.25) is 0 Å². The third-order valence-electron chi connectivity index (χ3n) is 7.91. The molecule has 40 heavy (non-hydrogen) atoms. The number of hydrogen-bond acceptors (Lipinski definition) is 4. The maximum absolute atomic E-state index is 13.9. The van der Waals surface area contributed by atoms with E-state index in [0.717, 1.165) is 31.7 Å². The molecule has 5 nitrogen and oxygen atoms in total. The van der Waals surface area contributed by atoms with E-state index >= 15 is 0 Å². The van der Waals surface area contributed by atoms with Gasteiger partial charge in [-0.25, -0.2) is 8.78 Å². The van der Waals surface area contributed by atoms with Gasteiger partial charge in [-0.3, -0.25) is 9.93 Å². The number of aliphatic hydroxyl groups is 1. The van der Waals surface area contributed by atoms with Crippen LogP contribution in [-0.4, -0.2) is 40.8 Å². The Morgan fingerprint density at radius 2 is 1.80 bits per heavy atom. The minimum absolute atomic E-state index is 0.0144. The number of hydrogen-bond donors (Lipinski definition) is 4. The summed E-state index contributed by atoms with van der Waals surface area (Å²) in [6.07, 6.45) is 5.30. The summed E-state index contributed by atoms with van der Waals surface area (Å²) in [5.74, 6) is -0.861. The van der Waals surface area contributed by atoms with Gasteiger partial charge in [-0.1, -0.05) is 69.7 Å². The Morgan fingerprint density at radius 3 is 2.42 bits per heavy atom. The van der Waals surface area contributed by atoms with Crippen molar-refractivity contribution in [2.75, 3.05) is 12.3 Å². The summed E-state index contributed by atoms with van der Waals surface area (Å²) in [6, 6.07) is 11.3. The zero-order valence-electron chi connectivity index (χ0n) is 24.4. The molecule has 1 unspecified atom stereocenters. The Balaban J connectivity index is 1.79. The molecule has 8 heteroatoms. The van der Waals surface area contributed by atoms with Crippen LogP contribution < -0.4 is 15.8 Å². The highest BCUT2D eigenvalue weighted by Crippen LogP contribution is 2.38. The molecular weight excluding hydrogens is 528 g/mol. The molecule has 1 amide bonds. The van der Waals surface area contributed by atoms with Gasteiger partial charge in [0.05, 0.1) is 12.1 Å². The number of nitrogens with one attached hydrogen (secondary N) is 2. The summed E-state index contributed by atoms with van der Waals surface area (Å²) in [4.78, 5) is 12.8. The second kappa shape index (κ2) is 14.7. The lowest BCUT2D eigenvalue weighted by Gasteiger charge is -2.41. The summed E-state index contributed by atoms with van der Waals surface area (Å²) in [7, 11) is -0.336. The largest absolute Gasteiger partial charge is 0.390 e. The average Bonchev–Trinajstić information content (AvgIpc) is 2.91. The predicted octanol–water partition coefficient (Wildman–Crippen LogP) is 5.84. The monoisotopic (exact) mass is 575 g/mol. The number of benzene rings is 2. The van der Waals surface area contributed by atoms with Gasteiger partial charge in [0.25, 0.3) is 0 Å². The number of carbonyl (C=O) groups excluding carboxylic acids is 1. The van der Waals surface area contributed by atoms with Gasteiger partial charge in [0.1, 0.15) is 11.6 Å². The van der Waals surface area contributed by atoms with Crippen LogP contribution in [0.3, 0.4) is 0 Å². The second-order valence-corrected chi connectivity index (χ2v) is 13.9. The summed E-state index contributed by atoms with van der Waals surface area (Å²) < 4.78 is 27.9. The van der Waals surface area contributed by atoms with Gasteiger partial charge in [-0.2, -0.15) is 0 Å². The molecule has 2 aromatic carbocycles. The maximum atomic E-state index is 13.9. The van der Waals surface area contributed by atoms with Crippen LogP contribution in [-0.2, 0) is 22.2 Å². The fraction of sp³-hybridized carbons (Fsp3) is 0.562. The molecule has 0 spiro atoms. The molecule has 0 heterocycles. The molecule has 3 rings (SSSR count). The number of aliphatic hydroxyl groups excluding tert-OH is 1. The highest BCUT2D eigenvalue weighted by molar-refractivity contribution is 8.12. The third-order valence-corrected chi connectivity index (χ3v) is 9.28. The molecule has 0 radical (unpaired) electrons. The molecule has 5 N–H and O–H groups in total. The Hall–Kier alpha value is -2.13. The number of carbonyl (C=O) groups is 1. The number of rotatable bonds is 12. The van der Waals surface area contributed by atoms with Crippen molar-refractivity contribution in [1.29, 1.82) is 0 Å². The van der Waals surface area contributed by atoms with Crippen molar-refractivity contribution in [1.82, 2.24) is 10.6 Å². The highest BCUT2D eigenvalue weighted by atomic mass is 32.2. The summed E-state index contributed by atoms with van der Waals surface area (Å²) in [6.45, 7) is 8.74. The zero-order valence-corrected chi connectivity index (χ0v) is 25.3. The topological polar surface area (TPSA) is 87.4 Å². The second-order valence-electron chi connectivity index (χ2n) is 12.1. The lowest BCUT2D eigenvalue weighted by Crippen LogP contribution is -2.53. The number of halogens is 2. The molecule has 0 bridgehead atoms. The highest BCUT2D eigenvalue weighted by Gasteiger charge is 2.35. The molecular formula is C32H47F2N3O2S. The standard InChI is InChI=1S/C32H47F2N3O2S/c1-5-40(35)16-10-13-30(39)37-28(19-23-17-26(33)21-27(34)18-23)29(38)22-36-32(14-7-6-8-15-32)25-12-9-11-24(20-25)31(2,3)4/h5,9,11-12,17-18,20-21,28-29,36,38H,6-8,10,13-16,19,22,35H2,1-4H3,(H,37,39)/t28-,29+,40?/m0/s1. The molecule has 1 aliphatic carbocycles. The van der Waals surface area contributed by atoms with Crippen LogP contribution in [0.15, 0.2) is 42.5 Å². The van der Waals surface area contributed by atoms with E-state index in [1.807, 2.05) is 12.3 Å². The van der Waals surface area contributed by atoms with Crippen molar-refractivity contribution < 1.29 is 18.7 Å². The van der Waals surface area contributed by atoms with Crippen molar-refractivity contribution >= 4 is 21.9 Å². The van der Waals surface area contributed by atoms with Gasteiger partial charge in [-0.15, -0.1) is 10.7 Å². The van der Waals surface area contributed by atoms with E-state index in [-0.39, 0.29) is 46.9 Å². The van der Waals surface area contributed by atoms with Crippen molar-refractivity contribution in [2.24, 2.45) is 5.14 Å². The van der Waals surface area contributed by atoms with E-state index in [0.29, 0.717) is 17.7 Å². The fourth-order valence-electron chi connectivity index (χ4n) is 5.51. The minimum atomic E-state index is -0.965. The first kappa shape index (κ1) is 32.4. The zero-order chi connectivity index (χ0) is 29.3. The molecule has 1 aliphatic rings. The molecule has 0 aromatic heterocycles. The van der Waals surface area contributed by atoms with Crippen LogP contribution >= 0.6 is 10.7 Å². The minimum Gasteiger partial charge on any atom is -0.390 e. The van der Waals surface area contributed by atoms with E-state index in [1.165, 1.54) is 29.7 Å². The van der Waals surface area contributed by atoms with Gasteiger partial charge < -0.3 is 15.7 Å². The summed E-state index contributed by atoms with van der Waals surface area (Å²) >= 11 is 0. The smallest absolute Gasteiger partial charge is 0.220 e. The lowest BCUT2D eigenvalue weighted by molar-refractivity contribution is -0.122. The third kappa shape index (κ3) is 9.47. The first-order chi connectivity index (χ1) is 18.9.